The minimum Gasteiger partial charge on any atom is -0.372 e. The second-order valence-electron chi connectivity index (χ2n) is 7.06. The molecule has 3 aromatic carbocycles. The van der Waals surface area contributed by atoms with Gasteiger partial charge in [-0.1, -0.05) is 30.3 Å². The Hall–Kier alpha value is -2.86. The smallest absolute Gasteiger partial charge is 0.239 e. The maximum Gasteiger partial charge on any atom is 0.239 e. The van der Waals surface area contributed by atoms with Gasteiger partial charge in [0.05, 0.1) is 4.90 Å². The zero-order valence-electron chi connectivity index (χ0n) is 15.5. The molecule has 0 aromatic heterocycles. The maximum absolute atomic E-state index is 12.6. The predicted octanol–water partition coefficient (Wildman–Crippen LogP) is 3.85. The Labute approximate surface area is 164 Å². The molecular weight excluding hydrogens is 372 g/mol. The summed E-state index contributed by atoms with van der Waals surface area (Å²) in [5, 5.41) is 4.48. The van der Waals surface area contributed by atoms with Crippen LogP contribution in [0.2, 0.25) is 0 Å². The lowest BCUT2D eigenvalue weighted by atomic mass is 10.1. The molecular formula is C22H22N2O3S. The molecule has 1 fully saturated rings. The van der Waals surface area contributed by atoms with Crippen molar-refractivity contribution >= 4 is 37.9 Å². The molecule has 1 heterocycles. The minimum absolute atomic E-state index is 0.158. The third kappa shape index (κ3) is 4.02. The van der Waals surface area contributed by atoms with Gasteiger partial charge < -0.3 is 10.2 Å². The third-order valence-electron chi connectivity index (χ3n) is 5.02. The van der Waals surface area contributed by atoms with Crippen LogP contribution in [0.5, 0.6) is 0 Å². The fourth-order valence-electron chi connectivity index (χ4n) is 3.54. The van der Waals surface area contributed by atoms with E-state index in [9.17, 15) is 13.2 Å². The molecule has 0 unspecified atom stereocenters. The number of sulfone groups is 1. The van der Waals surface area contributed by atoms with Gasteiger partial charge in [0.25, 0.3) is 0 Å². The van der Waals surface area contributed by atoms with Crippen molar-refractivity contribution in [3.8, 4) is 0 Å². The summed E-state index contributed by atoms with van der Waals surface area (Å²) < 4.78 is 25.3. The minimum atomic E-state index is -3.71. The average Bonchev–Trinajstić information content (AvgIpc) is 3.22. The van der Waals surface area contributed by atoms with E-state index in [0.717, 1.165) is 29.5 Å². The van der Waals surface area contributed by atoms with E-state index >= 15 is 0 Å². The topological polar surface area (TPSA) is 66.5 Å². The number of anilines is 2. The Morgan fingerprint density at radius 3 is 2.29 bits per heavy atom. The molecule has 3 aromatic rings. The molecule has 1 aliphatic heterocycles. The molecule has 0 atom stereocenters. The van der Waals surface area contributed by atoms with Crippen LogP contribution in [0.25, 0.3) is 10.8 Å². The predicted molar refractivity (Wildman–Crippen MR) is 113 cm³/mol. The maximum atomic E-state index is 12.6. The summed E-state index contributed by atoms with van der Waals surface area (Å²) in [6.07, 6.45) is 2.40. The van der Waals surface area contributed by atoms with Crippen LogP contribution in [0.4, 0.5) is 11.4 Å². The van der Waals surface area contributed by atoms with Gasteiger partial charge in [-0.2, -0.15) is 0 Å². The van der Waals surface area contributed by atoms with E-state index in [1.807, 2.05) is 48.5 Å². The number of carbonyl (C=O) groups excluding carboxylic acids is 1. The summed E-state index contributed by atoms with van der Waals surface area (Å²) in [6.45, 7) is 2.10. The number of hydrogen-bond donors (Lipinski definition) is 1. The first-order valence-electron chi connectivity index (χ1n) is 9.38. The molecule has 1 aliphatic rings. The first-order valence-corrected chi connectivity index (χ1v) is 11.0. The van der Waals surface area contributed by atoms with Crippen molar-refractivity contribution in [2.45, 2.75) is 17.7 Å². The summed E-state index contributed by atoms with van der Waals surface area (Å²) in [6, 6.07) is 20.0. The fourth-order valence-corrected chi connectivity index (χ4v) is 4.71. The third-order valence-corrected chi connectivity index (χ3v) is 6.64. The van der Waals surface area contributed by atoms with Crippen LogP contribution in [0.15, 0.2) is 71.6 Å². The van der Waals surface area contributed by atoms with Gasteiger partial charge in [-0.25, -0.2) is 8.42 Å². The van der Waals surface area contributed by atoms with Gasteiger partial charge in [0, 0.05) is 24.5 Å². The number of hydrogen-bond acceptors (Lipinski definition) is 4. The van der Waals surface area contributed by atoms with Crippen molar-refractivity contribution in [3.63, 3.8) is 0 Å². The van der Waals surface area contributed by atoms with E-state index in [1.165, 1.54) is 12.8 Å². The highest BCUT2D eigenvalue weighted by atomic mass is 32.2. The Morgan fingerprint density at radius 1 is 0.893 bits per heavy atom. The Morgan fingerprint density at radius 2 is 1.57 bits per heavy atom. The SMILES string of the molecule is O=C(CS(=O)(=O)c1ccc2ccccc2c1)Nc1ccc(N2CCCC2)cc1. The van der Waals surface area contributed by atoms with Crippen molar-refractivity contribution in [1.29, 1.82) is 0 Å². The van der Waals surface area contributed by atoms with Gasteiger partial charge in [0.1, 0.15) is 5.75 Å². The highest BCUT2D eigenvalue weighted by Crippen LogP contribution is 2.23. The lowest BCUT2D eigenvalue weighted by molar-refractivity contribution is -0.113. The number of carbonyl (C=O) groups is 1. The summed E-state index contributed by atoms with van der Waals surface area (Å²) in [4.78, 5) is 14.8. The molecule has 28 heavy (non-hydrogen) atoms. The van der Waals surface area contributed by atoms with Crippen LogP contribution in [0.1, 0.15) is 12.8 Å². The van der Waals surface area contributed by atoms with Gasteiger partial charge in [0.15, 0.2) is 9.84 Å². The molecule has 1 N–H and O–H groups in total. The lowest BCUT2D eigenvalue weighted by Gasteiger charge is -2.17. The van der Waals surface area contributed by atoms with Gasteiger partial charge in [-0.3, -0.25) is 4.79 Å². The number of benzene rings is 3. The van der Waals surface area contributed by atoms with E-state index in [0.29, 0.717) is 5.69 Å². The van der Waals surface area contributed by atoms with Crippen LogP contribution >= 0.6 is 0 Å². The van der Waals surface area contributed by atoms with Gasteiger partial charge in [-0.15, -0.1) is 0 Å². The Balaban J connectivity index is 1.44. The summed E-state index contributed by atoms with van der Waals surface area (Å²) in [5.74, 6) is -1.12. The largest absolute Gasteiger partial charge is 0.372 e. The van der Waals surface area contributed by atoms with Crippen molar-refractivity contribution in [2.75, 3.05) is 29.1 Å². The molecule has 0 aliphatic carbocycles. The average molecular weight is 394 g/mol. The van der Waals surface area contributed by atoms with E-state index in [2.05, 4.69) is 10.2 Å². The van der Waals surface area contributed by atoms with Crippen molar-refractivity contribution in [2.24, 2.45) is 0 Å². The van der Waals surface area contributed by atoms with Crippen LogP contribution in [0.3, 0.4) is 0 Å². The second-order valence-corrected chi connectivity index (χ2v) is 9.05. The lowest BCUT2D eigenvalue weighted by Crippen LogP contribution is -2.23. The molecule has 1 amide bonds. The van der Waals surface area contributed by atoms with Crippen LogP contribution < -0.4 is 10.2 Å². The zero-order chi connectivity index (χ0) is 19.6. The van der Waals surface area contributed by atoms with Gasteiger partial charge >= 0.3 is 0 Å². The van der Waals surface area contributed by atoms with Crippen LogP contribution in [-0.4, -0.2) is 33.2 Å². The number of nitrogens with one attached hydrogen (secondary N) is 1. The van der Waals surface area contributed by atoms with Gasteiger partial charge in [0.2, 0.25) is 5.91 Å². The molecule has 4 rings (SSSR count). The molecule has 0 radical (unpaired) electrons. The standard InChI is InChI=1S/C22H22N2O3S/c25-22(23-19-8-10-20(11-9-19)24-13-3-4-14-24)16-28(26,27)21-12-7-17-5-1-2-6-18(17)15-21/h1-2,5-12,15H,3-4,13-14,16H2,(H,23,25). The fraction of sp³-hybridized carbons (Fsp3) is 0.227. The number of nitrogens with zero attached hydrogens (tertiary/aromatic N) is 1. The molecule has 144 valence electrons. The number of fused-ring (bicyclic) bond motifs is 1. The monoisotopic (exact) mass is 394 g/mol. The first-order chi connectivity index (χ1) is 13.5. The van der Waals surface area contributed by atoms with E-state index < -0.39 is 21.5 Å². The van der Waals surface area contributed by atoms with Crippen molar-refractivity contribution in [3.05, 3.63) is 66.7 Å². The summed E-state index contributed by atoms with van der Waals surface area (Å²) in [7, 11) is -3.71. The number of rotatable bonds is 5. The Kier molecular flexibility index (Phi) is 5.05. The van der Waals surface area contributed by atoms with Crippen molar-refractivity contribution in [1.82, 2.24) is 0 Å². The van der Waals surface area contributed by atoms with Gasteiger partial charge in [-0.05, 0) is 60.0 Å². The quantitative estimate of drug-likeness (QED) is 0.714. The molecule has 1 saturated heterocycles. The molecule has 0 spiro atoms. The van der Waals surface area contributed by atoms with E-state index in [4.69, 9.17) is 0 Å². The van der Waals surface area contributed by atoms with E-state index in [-0.39, 0.29) is 4.90 Å². The highest BCUT2D eigenvalue weighted by molar-refractivity contribution is 7.92. The second kappa shape index (κ2) is 7.64. The summed E-state index contributed by atoms with van der Waals surface area (Å²) in [5.41, 5.74) is 1.72. The normalized spacial score (nSPS) is 14.4. The van der Waals surface area contributed by atoms with E-state index in [1.54, 1.807) is 18.2 Å². The molecule has 6 heteroatoms. The molecule has 0 bridgehead atoms. The molecule has 5 nitrogen and oxygen atoms in total. The highest BCUT2D eigenvalue weighted by Gasteiger charge is 2.20. The Bertz CT molecular complexity index is 1100. The number of amides is 1. The van der Waals surface area contributed by atoms with Crippen molar-refractivity contribution < 1.29 is 13.2 Å². The van der Waals surface area contributed by atoms with Crippen LogP contribution in [0, 0.1) is 0 Å². The van der Waals surface area contributed by atoms with Crippen LogP contribution in [-0.2, 0) is 14.6 Å². The first kappa shape index (κ1) is 18.5. The molecule has 0 saturated carbocycles. The zero-order valence-corrected chi connectivity index (χ0v) is 16.3. The summed E-state index contributed by atoms with van der Waals surface area (Å²) >= 11 is 0.